The maximum Gasteiger partial charge on any atom is 0.255 e. The van der Waals surface area contributed by atoms with Crippen LogP contribution in [-0.4, -0.2) is 28.6 Å². The van der Waals surface area contributed by atoms with Gasteiger partial charge in [-0.25, -0.2) is 0 Å². The molecule has 2 unspecified atom stereocenters. The van der Waals surface area contributed by atoms with Crippen LogP contribution in [0, 0.1) is 3.57 Å². The van der Waals surface area contributed by atoms with Crippen molar-refractivity contribution in [2.24, 2.45) is 0 Å². The molecule has 1 aromatic carbocycles. The number of phenolic OH excluding ortho intramolecular Hbond substituents is 1. The van der Waals surface area contributed by atoms with Gasteiger partial charge in [0.05, 0.1) is 5.56 Å². The van der Waals surface area contributed by atoms with Crippen molar-refractivity contribution in [1.29, 1.82) is 0 Å². The van der Waals surface area contributed by atoms with Gasteiger partial charge in [0, 0.05) is 14.9 Å². The molecule has 2 rings (SSSR count). The Morgan fingerprint density at radius 1 is 1.50 bits per heavy atom. The Kier molecular flexibility index (Phi) is 4.77. The average molecular weight is 377 g/mol. The van der Waals surface area contributed by atoms with Gasteiger partial charge in [0.1, 0.15) is 5.75 Å². The third-order valence-electron chi connectivity index (χ3n) is 3.26. The molecule has 1 amide bonds. The van der Waals surface area contributed by atoms with Gasteiger partial charge in [0.15, 0.2) is 0 Å². The quantitative estimate of drug-likeness (QED) is 0.797. The summed E-state index contributed by atoms with van der Waals surface area (Å²) >= 11 is 4.00. The first-order chi connectivity index (χ1) is 8.60. The van der Waals surface area contributed by atoms with Crippen molar-refractivity contribution in [2.45, 2.75) is 30.6 Å². The summed E-state index contributed by atoms with van der Waals surface area (Å²) in [6.45, 7) is 0. The van der Waals surface area contributed by atoms with Crippen LogP contribution in [0.4, 0.5) is 0 Å². The highest BCUT2D eigenvalue weighted by Gasteiger charge is 2.26. The molecule has 2 N–H and O–H groups in total. The van der Waals surface area contributed by atoms with Crippen molar-refractivity contribution in [3.05, 3.63) is 27.3 Å². The fourth-order valence-corrected chi connectivity index (χ4v) is 3.53. The summed E-state index contributed by atoms with van der Waals surface area (Å²) in [4.78, 5) is 12.1. The number of carbonyl (C=O) groups is 1. The lowest BCUT2D eigenvalue weighted by molar-refractivity contribution is 0.0935. The molecule has 0 heterocycles. The molecule has 1 aliphatic rings. The van der Waals surface area contributed by atoms with Gasteiger partial charge in [-0.15, -0.1) is 0 Å². The Morgan fingerprint density at radius 3 is 2.94 bits per heavy atom. The second-order valence-corrected chi connectivity index (χ2v) is 6.89. The molecule has 0 saturated heterocycles. The van der Waals surface area contributed by atoms with E-state index >= 15 is 0 Å². The third-order valence-corrected chi connectivity index (χ3v) is 5.02. The van der Waals surface area contributed by atoms with Crippen LogP contribution in [0.15, 0.2) is 18.2 Å². The molecule has 1 saturated carbocycles. The molecule has 1 fully saturated rings. The van der Waals surface area contributed by atoms with Gasteiger partial charge < -0.3 is 10.4 Å². The van der Waals surface area contributed by atoms with E-state index in [0.717, 1.165) is 22.8 Å². The third kappa shape index (κ3) is 3.32. The number of aromatic hydroxyl groups is 1. The number of benzene rings is 1. The summed E-state index contributed by atoms with van der Waals surface area (Å²) in [7, 11) is 0. The standard InChI is InChI=1S/C13H16INO2S/c1-18-10-4-3-9(7-10)15-13(17)11-6-8(14)2-5-12(11)16/h2,5-6,9-10,16H,3-4,7H2,1H3,(H,15,17). The molecule has 1 aliphatic carbocycles. The molecule has 0 bridgehead atoms. The van der Waals surface area contributed by atoms with Crippen LogP contribution in [0.3, 0.4) is 0 Å². The fraction of sp³-hybridized carbons (Fsp3) is 0.462. The SMILES string of the molecule is CSC1CCC(NC(=O)c2cc(I)ccc2O)C1. The molecule has 98 valence electrons. The van der Waals surface area contributed by atoms with E-state index in [-0.39, 0.29) is 17.7 Å². The first kappa shape index (κ1) is 14.0. The predicted octanol–water partition coefficient (Wildman–Crippen LogP) is 3.01. The number of hydrogen-bond acceptors (Lipinski definition) is 3. The summed E-state index contributed by atoms with van der Waals surface area (Å²) in [5, 5.41) is 13.4. The van der Waals surface area contributed by atoms with Gasteiger partial charge >= 0.3 is 0 Å². The molecule has 0 aliphatic heterocycles. The molecule has 2 atom stereocenters. The number of halogens is 1. The fourth-order valence-electron chi connectivity index (χ4n) is 2.24. The van der Waals surface area contributed by atoms with Crippen molar-refractivity contribution in [2.75, 3.05) is 6.26 Å². The van der Waals surface area contributed by atoms with E-state index in [2.05, 4.69) is 34.2 Å². The van der Waals surface area contributed by atoms with Crippen LogP contribution in [0.2, 0.25) is 0 Å². The van der Waals surface area contributed by atoms with Crippen LogP contribution < -0.4 is 5.32 Å². The van der Waals surface area contributed by atoms with Crippen molar-refractivity contribution in [3.63, 3.8) is 0 Å². The van der Waals surface area contributed by atoms with Crippen molar-refractivity contribution < 1.29 is 9.90 Å². The Hall–Kier alpha value is -0.430. The first-order valence-corrected chi connectivity index (χ1v) is 8.29. The van der Waals surface area contributed by atoms with E-state index in [9.17, 15) is 9.90 Å². The van der Waals surface area contributed by atoms with Crippen molar-refractivity contribution in [1.82, 2.24) is 5.32 Å². The molecule has 0 spiro atoms. The molecular weight excluding hydrogens is 361 g/mol. The number of thioether (sulfide) groups is 1. The van der Waals surface area contributed by atoms with E-state index in [1.807, 2.05) is 11.8 Å². The lowest BCUT2D eigenvalue weighted by atomic mass is 10.1. The summed E-state index contributed by atoms with van der Waals surface area (Å²) in [5.74, 6) is -0.120. The minimum Gasteiger partial charge on any atom is -0.507 e. The largest absolute Gasteiger partial charge is 0.507 e. The number of nitrogens with one attached hydrogen (secondary N) is 1. The average Bonchev–Trinajstić information content (AvgIpc) is 2.80. The summed E-state index contributed by atoms with van der Waals surface area (Å²) in [6, 6.07) is 5.31. The molecule has 0 aromatic heterocycles. The zero-order chi connectivity index (χ0) is 13.1. The minimum atomic E-state index is -0.169. The van der Waals surface area contributed by atoms with E-state index < -0.39 is 0 Å². The van der Waals surface area contributed by atoms with E-state index in [1.165, 1.54) is 0 Å². The normalized spacial score (nSPS) is 23.0. The maximum atomic E-state index is 12.1. The van der Waals surface area contributed by atoms with Gasteiger partial charge in [-0.2, -0.15) is 11.8 Å². The van der Waals surface area contributed by atoms with Crippen LogP contribution in [0.25, 0.3) is 0 Å². The Bertz CT molecular complexity index is 453. The Labute approximate surface area is 125 Å². The van der Waals surface area contributed by atoms with Crippen molar-refractivity contribution in [3.8, 4) is 5.75 Å². The lowest BCUT2D eigenvalue weighted by Gasteiger charge is -2.13. The van der Waals surface area contributed by atoms with Gasteiger partial charge in [-0.05, 0) is 66.3 Å². The molecule has 18 heavy (non-hydrogen) atoms. The number of amides is 1. The monoisotopic (exact) mass is 377 g/mol. The molecule has 0 radical (unpaired) electrons. The summed E-state index contributed by atoms with van der Waals surface area (Å²) in [5.41, 5.74) is 0.370. The molecule has 5 heteroatoms. The highest BCUT2D eigenvalue weighted by atomic mass is 127. The number of rotatable bonds is 3. The van der Waals surface area contributed by atoms with E-state index in [1.54, 1.807) is 18.2 Å². The first-order valence-electron chi connectivity index (χ1n) is 5.92. The smallest absolute Gasteiger partial charge is 0.255 e. The summed E-state index contributed by atoms with van der Waals surface area (Å²) < 4.78 is 0.948. The zero-order valence-corrected chi connectivity index (χ0v) is 13.1. The van der Waals surface area contributed by atoms with Gasteiger partial charge in [-0.1, -0.05) is 0 Å². The number of hydrogen-bond donors (Lipinski definition) is 2. The van der Waals surface area contributed by atoms with Gasteiger partial charge in [0.2, 0.25) is 0 Å². The zero-order valence-electron chi connectivity index (χ0n) is 10.1. The topological polar surface area (TPSA) is 49.3 Å². The van der Waals surface area contributed by atoms with Gasteiger partial charge in [0.25, 0.3) is 5.91 Å². The predicted molar refractivity (Wildman–Crippen MR) is 83.2 cm³/mol. The Morgan fingerprint density at radius 2 is 2.28 bits per heavy atom. The summed E-state index contributed by atoms with van der Waals surface area (Å²) in [6.07, 6.45) is 5.32. The highest BCUT2D eigenvalue weighted by molar-refractivity contribution is 14.1. The number of carbonyl (C=O) groups excluding carboxylic acids is 1. The van der Waals surface area contributed by atoms with Gasteiger partial charge in [-0.3, -0.25) is 4.79 Å². The minimum absolute atomic E-state index is 0.0485. The van der Waals surface area contributed by atoms with Crippen LogP contribution in [0.5, 0.6) is 5.75 Å². The number of phenols is 1. The highest BCUT2D eigenvalue weighted by Crippen LogP contribution is 2.28. The van der Waals surface area contributed by atoms with E-state index in [0.29, 0.717) is 10.8 Å². The maximum absolute atomic E-state index is 12.1. The molecule has 1 aromatic rings. The second-order valence-electron chi connectivity index (χ2n) is 4.50. The van der Waals surface area contributed by atoms with Crippen LogP contribution in [0.1, 0.15) is 29.6 Å². The molecular formula is C13H16INO2S. The molecule has 3 nitrogen and oxygen atoms in total. The van der Waals surface area contributed by atoms with Crippen LogP contribution >= 0.6 is 34.4 Å². The second kappa shape index (κ2) is 6.14. The van der Waals surface area contributed by atoms with Crippen molar-refractivity contribution >= 4 is 40.3 Å². The van der Waals surface area contributed by atoms with Crippen LogP contribution in [-0.2, 0) is 0 Å². The van der Waals surface area contributed by atoms with E-state index in [4.69, 9.17) is 0 Å². The lowest BCUT2D eigenvalue weighted by Crippen LogP contribution is -2.33. The Balaban J connectivity index is 2.02.